The third kappa shape index (κ3) is 5.17. The molecule has 1 aliphatic heterocycles. The van der Waals surface area contributed by atoms with E-state index >= 15 is 0 Å². The third-order valence-electron chi connectivity index (χ3n) is 3.81. The van der Waals surface area contributed by atoms with Crippen LogP contribution in [0.1, 0.15) is 33.1 Å². The Morgan fingerprint density at radius 2 is 2.37 bits per heavy atom. The zero-order chi connectivity index (χ0) is 14.3. The van der Waals surface area contributed by atoms with E-state index in [1.165, 1.54) is 0 Å². The number of amides is 1. The maximum atomic E-state index is 12.1. The van der Waals surface area contributed by atoms with E-state index in [9.17, 15) is 9.90 Å². The average Bonchev–Trinajstić information content (AvgIpc) is 2.40. The molecule has 1 N–H and O–H groups in total. The molecule has 5 heteroatoms. The maximum Gasteiger partial charge on any atom is 0.236 e. The first-order valence-corrected chi connectivity index (χ1v) is 7.13. The summed E-state index contributed by atoms with van der Waals surface area (Å²) < 4.78 is 0. The fourth-order valence-corrected chi connectivity index (χ4v) is 2.56. The lowest BCUT2D eigenvalue weighted by Crippen LogP contribution is -2.46. The molecule has 108 valence electrons. The van der Waals surface area contributed by atoms with Crippen LogP contribution in [0.25, 0.3) is 0 Å². The number of likely N-dealkylation sites (N-methyl/N-ethyl adjacent to an activating group) is 1. The number of carbonyl (C=O) groups is 1. The highest BCUT2D eigenvalue weighted by atomic mass is 16.3. The maximum absolute atomic E-state index is 12.1. The van der Waals surface area contributed by atoms with Crippen LogP contribution in [0.2, 0.25) is 0 Å². The van der Waals surface area contributed by atoms with E-state index in [4.69, 9.17) is 5.26 Å². The van der Waals surface area contributed by atoms with Gasteiger partial charge in [0.1, 0.15) is 0 Å². The Bertz CT molecular complexity index is 325. The summed E-state index contributed by atoms with van der Waals surface area (Å²) in [6.07, 6.45) is 2.15. The Morgan fingerprint density at radius 1 is 1.63 bits per heavy atom. The standard InChI is InChI=1S/C14H25N3O2/c1-3-17(9-5-7-15)14(19)11-16-8-4-6-13(10-16)12(2)18/h12-13,18H,3-6,8-11H2,1-2H3. The molecule has 0 bridgehead atoms. The second-order valence-corrected chi connectivity index (χ2v) is 5.26. The van der Waals surface area contributed by atoms with E-state index in [-0.39, 0.29) is 17.9 Å². The van der Waals surface area contributed by atoms with Gasteiger partial charge < -0.3 is 10.0 Å². The van der Waals surface area contributed by atoms with Crippen LogP contribution in [0.4, 0.5) is 0 Å². The molecule has 1 amide bonds. The molecule has 0 spiro atoms. The minimum absolute atomic E-state index is 0.0870. The summed E-state index contributed by atoms with van der Waals surface area (Å²) in [4.78, 5) is 16.0. The van der Waals surface area contributed by atoms with Crippen LogP contribution >= 0.6 is 0 Å². The van der Waals surface area contributed by atoms with Crippen LogP contribution in [0.3, 0.4) is 0 Å². The molecule has 0 aromatic carbocycles. The lowest BCUT2D eigenvalue weighted by molar-refractivity contribution is -0.132. The zero-order valence-electron chi connectivity index (χ0n) is 12.0. The van der Waals surface area contributed by atoms with Crippen molar-refractivity contribution in [3.63, 3.8) is 0 Å². The fourth-order valence-electron chi connectivity index (χ4n) is 2.56. The number of rotatable bonds is 6. The van der Waals surface area contributed by atoms with E-state index < -0.39 is 0 Å². The van der Waals surface area contributed by atoms with E-state index in [0.717, 1.165) is 25.9 Å². The van der Waals surface area contributed by atoms with Crippen molar-refractivity contribution >= 4 is 5.91 Å². The molecule has 2 unspecified atom stereocenters. The van der Waals surface area contributed by atoms with Crippen LogP contribution in [-0.2, 0) is 4.79 Å². The summed E-state index contributed by atoms with van der Waals surface area (Å²) in [5.74, 6) is 0.361. The summed E-state index contributed by atoms with van der Waals surface area (Å²) in [5.41, 5.74) is 0. The monoisotopic (exact) mass is 267 g/mol. The number of hydrogen-bond acceptors (Lipinski definition) is 4. The van der Waals surface area contributed by atoms with Crippen molar-refractivity contribution < 1.29 is 9.90 Å². The van der Waals surface area contributed by atoms with Crippen LogP contribution < -0.4 is 0 Å². The molecule has 1 heterocycles. The second kappa shape index (κ2) is 8.13. The van der Waals surface area contributed by atoms with Crippen LogP contribution in [0, 0.1) is 17.2 Å². The highest BCUT2D eigenvalue weighted by molar-refractivity contribution is 5.78. The number of piperidine rings is 1. The molecule has 1 aliphatic rings. The van der Waals surface area contributed by atoms with Gasteiger partial charge in [-0.15, -0.1) is 0 Å². The molecule has 1 rings (SSSR count). The first kappa shape index (κ1) is 15.9. The molecule has 2 atom stereocenters. The minimum Gasteiger partial charge on any atom is -0.393 e. The highest BCUT2D eigenvalue weighted by Crippen LogP contribution is 2.19. The van der Waals surface area contributed by atoms with Crippen molar-refractivity contribution in [2.75, 3.05) is 32.7 Å². The van der Waals surface area contributed by atoms with Gasteiger partial charge in [0.2, 0.25) is 5.91 Å². The van der Waals surface area contributed by atoms with Gasteiger partial charge in [-0.05, 0) is 39.2 Å². The molecular weight excluding hydrogens is 242 g/mol. The van der Waals surface area contributed by atoms with E-state index in [2.05, 4.69) is 11.0 Å². The number of carbonyl (C=O) groups excluding carboxylic acids is 1. The van der Waals surface area contributed by atoms with Crippen molar-refractivity contribution in [2.24, 2.45) is 5.92 Å². The van der Waals surface area contributed by atoms with Gasteiger partial charge in [-0.25, -0.2) is 0 Å². The number of nitriles is 1. The Labute approximate surface area is 115 Å². The number of nitrogens with zero attached hydrogens (tertiary/aromatic N) is 3. The number of hydrogen-bond donors (Lipinski definition) is 1. The number of aliphatic hydroxyl groups excluding tert-OH is 1. The van der Waals surface area contributed by atoms with Gasteiger partial charge in [-0.3, -0.25) is 9.69 Å². The summed E-state index contributed by atoms with van der Waals surface area (Å²) in [5, 5.41) is 18.2. The van der Waals surface area contributed by atoms with Crippen molar-refractivity contribution in [3.05, 3.63) is 0 Å². The first-order chi connectivity index (χ1) is 9.08. The van der Waals surface area contributed by atoms with Crippen molar-refractivity contribution in [1.82, 2.24) is 9.80 Å². The summed E-state index contributed by atoms with van der Waals surface area (Å²) in [6, 6.07) is 2.07. The molecule has 1 saturated heterocycles. The van der Waals surface area contributed by atoms with Crippen molar-refractivity contribution in [2.45, 2.75) is 39.2 Å². The van der Waals surface area contributed by atoms with Crippen molar-refractivity contribution in [3.8, 4) is 6.07 Å². The van der Waals surface area contributed by atoms with Gasteiger partial charge in [0.05, 0.1) is 25.1 Å². The van der Waals surface area contributed by atoms with E-state index in [1.54, 1.807) is 4.90 Å². The summed E-state index contributed by atoms with van der Waals surface area (Å²) in [7, 11) is 0. The van der Waals surface area contributed by atoms with E-state index in [1.807, 2.05) is 13.8 Å². The molecule has 0 radical (unpaired) electrons. The summed E-state index contributed by atoms with van der Waals surface area (Å²) in [6.45, 7) is 7.03. The lowest BCUT2D eigenvalue weighted by Gasteiger charge is -2.34. The van der Waals surface area contributed by atoms with Gasteiger partial charge in [0, 0.05) is 19.6 Å². The fraction of sp³-hybridized carbons (Fsp3) is 0.857. The Morgan fingerprint density at radius 3 is 2.95 bits per heavy atom. The molecule has 1 fully saturated rings. The lowest BCUT2D eigenvalue weighted by atomic mass is 9.93. The zero-order valence-corrected chi connectivity index (χ0v) is 12.0. The molecule has 0 aromatic rings. The number of aliphatic hydroxyl groups is 1. The number of likely N-dealkylation sites (tertiary alicyclic amines) is 1. The second-order valence-electron chi connectivity index (χ2n) is 5.26. The predicted molar refractivity (Wildman–Crippen MR) is 73.3 cm³/mol. The van der Waals surface area contributed by atoms with Gasteiger partial charge >= 0.3 is 0 Å². The van der Waals surface area contributed by atoms with Gasteiger partial charge in [-0.1, -0.05) is 0 Å². The normalized spacial score (nSPS) is 21.7. The quantitative estimate of drug-likeness (QED) is 0.774. The Hall–Kier alpha value is -1.12. The van der Waals surface area contributed by atoms with Gasteiger partial charge in [0.15, 0.2) is 0 Å². The molecule has 0 saturated carbocycles. The molecule has 5 nitrogen and oxygen atoms in total. The van der Waals surface area contributed by atoms with Crippen LogP contribution in [0.15, 0.2) is 0 Å². The first-order valence-electron chi connectivity index (χ1n) is 7.13. The smallest absolute Gasteiger partial charge is 0.236 e. The van der Waals surface area contributed by atoms with Crippen LogP contribution in [0.5, 0.6) is 0 Å². The predicted octanol–water partition coefficient (Wildman–Crippen LogP) is 0.841. The van der Waals surface area contributed by atoms with Crippen molar-refractivity contribution in [1.29, 1.82) is 5.26 Å². The molecule has 0 aromatic heterocycles. The Kier molecular flexibility index (Phi) is 6.82. The SMILES string of the molecule is CCN(CCC#N)C(=O)CN1CCCC(C(C)O)C1. The third-order valence-corrected chi connectivity index (χ3v) is 3.81. The molecule has 19 heavy (non-hydrogen) atoms. The van der Waals surface area contributed by atoms with Gasteiger partial charge in [0.25, 0.3) is 0 Å². The largest absolute Gasteiger partial charge is 0.393 e. The molecular formula is C14H25N3O2. The van der Waals surface area contributed by atoms with Gasteiger partial charge in [-0.2, -0.15) is 5.26 Å². The topological polar surface area (TPSA) is 67.6 Å². The highest BCUT2D eigenvalue weighted by Gasteiger charge is 2.25. The molecule has 0 aliphatic carbocycles. The Balaban J connectivity index is 2.44. The van der Waals surface area contributed by atoms with Crippen LogP contribution in [-0.4, -0.2) is 59.6 Å². The average molecular weight is 267 g/mol. The van der Waals surface area contributed by atoms with E-state index in [0.29, 0.717) is 26.1 Å². The minimum atomic E-state index is -0.307. The summed E-state index contributed by atoms with van der Waals surface area (Å²) >= 11 is 0.